The molecule has 3 heterocycles. The number of rotatable bonds is 5. The largest absolute Gasteiger partial charge is 0.360 e. The van der Waals surface area contributed by atoms with Crippen molar-refractivity contribution in [2.75, 3.05) is 18.9 Å². The van der Waals surface area contributed by atoms with E-state index in [2.05, 4.69) is 15.8 Å². The Morgan fingerprint density at radius 3 is 2.62 bits per heavy atom. The Hall–Kier alpha value is -1.60. The molecule has 2 N–H and O–H groups in total. The lowest BCUT2D eigenvalue weighted by Gasteiger charge is -2.29. The Labute approximate surface area is 147 Å². The zero-order valence-electron chi connectivity index (χ0n) is 14.1. The van der Waals surface area contributed by atoms with E-state index in [1.165, 1.54) is 17.7 Å². The standard InChI is InChI=1S/C16H24N4O3.ClH/c1-10-5-14(19-23-10)18-15(21)9-20(2)16(22)8-11-6-12-3-4-13(7-11)17-12;/h5,11-13,17H,3-4,6-9H2,1-2H3,(H,18,19,21);1H. The van der Waals surface area contributed by atoms with Gasteiger partial charge in [0.25, 0.3) is 0 Å². The number of nitrogens with zero attached hydrogens (tertiary/aromatic N) is 2. The lowest BCUT2D eigenvalue weighted by molar-refractivity contribution is -0.134. The van der Waals surface area contributed by atoms with Crippen LogP contribution in [0.25, 0.3) is 0 Å². The van der Waals surface area contributed by atoms with Crippen LogP contribution < -0.4 is 10.6 Å². The molecule has 1 aromatic rings. The predicted molar refractivity (Wildman–Crippen MR) is 92.0 cm³/mol. The van der Waals surface area contributed by atoms with Crippen molar-refractivity contribution in [3.05, 3.63) is 11.8 Å². The maximum Gasteiger partial charge on any atom is 0.245 e. The van der Waals surface area contributed by atoms with Crippen LogP contribution in [0.5, 0.6) is 0 Å². The van der Waals surface area contributed by atoms with Crippen LogP contribution in [0.4, 0.5) is 5.82 Å². The normalized spacial score (nSPS) is 25.0. The first kappa shape index (κ1) is 18.7. The highest BCUT2D eigenvalue weighted by molar-refractivity contribution is 5.93. The zero-order valence-corrected chi connectivity index (χ0v) is 14.9. The summed E-state index contributed by atoms with van der Waals surface area (Å²) in [5, 5.41) is 9.92. The minimum absolute atomic E-state index is 0. The summed E-state index contributed by atoms with van der Waals surface area (Å²) in [5.41, 5.74) is 0. The molecule has 2 unspecified atom stereocenters. The van der Waals surface area contributed by atoms with Crippen molar-refractivity contribution in [2.45, 2.75) is 51.1 Å². The van der Waals surface area contributed by atoms with Gasteiger partial charge in [-0.05, 0) is 38.5 Å². The predicted octanol–water partition coefficient (Wildman–Crippen LogP) is 1.72. The average Bonchev–Trinajstić information content (AvgIpc) is 3.04. The molecule has 2 aliphatic heterocycles. The maximum atomic E-state index is 12.3. The van der Waals surface area contributed by atoms with E-state index in [-0.39, 0.29) is 30.8 Å². The van der Waals surface area contributed by atoms with Crippen molar-refractivity contribution < 1.29 is 14.1 Å². The van der Waals surface area contributed by atoms with E-state index in [4.69, 9.17) is 4.52 Å². The molecule has 2 saturated heterocycles. The van der Waals surface area contributed by atoms with Gasteiger partial charge in [-0.15, -0.1) is 12.4 Å². The Bertz CT molecular complexity index is 580. The molecule has 3 rings (SSSR count). The van der Waals surface area contributed by atoms with Gasteiger partial charge in [-0.3, -0.25) is 9.59 Å². The molecule has 2 atom stereocenters. The number of aromatic nitrogens is 1. The molecule has 2 amide bonds. The van der Waals surface area contributed by atoms with Crippen LogP contribution >= 0.6 is 12.4 Å². The van der Waals surface area contributed by atoms with Crippen LogP contribution in [-0.4, -0.2) is 47.5 Å². The summed E-state index contributed by atoms with van der Waals surface area (Å²) in [7, 11) is 1.67. The summed E-state index contributed by atoms with van der Waals surface area (Å²) in [6, 6.07) is 2.80. The summed E-state index contributed by atoms with van der Waals surface area (Å²) < 4.78 is 4.89. The second-order valence-corrected chi connectivity index (χ2v) is 6.80. The Morgan fingerprint density at radius 1 is 1.38 bits per heavy atom. The first-order valence-corrected chi connectivity index (χ1v) is 8.23. The van der Waals surface area contributed by atoms with Crippen molar-refractivity contribution in [1.82, 2.24) is 15.4 Å². The third kappa shape index (κ3) is 4.70. The zero-order chi connectivity index (χ0) is 16.4. The average molecular weight is 357 g/mol. The number of fused-ring (bicyclic) bond motifs is 2. The van der Waals surface area contributed by atoms with Crippen molar-refractivity contribution >= 4 is 30.0 Å². The number of piperidine rings is 1. The molecule has 2 aliphatic rings. The smallest absolute Gasteiger partial charge is 0.245 e. The molecular formula is C16H25ClN4O3. The number of aryl methyl sites for hydroxylation is 1. The van der Waals surface area contributed by atoms with Gasteiger partial charge < -0.3 is 20.1 Å². The van der Waals surface area contributed by atoms with Crippen LogP contribution in [0.2, 0.25) is 0 Å². The molecule has 0 radical (unpaired) electrons. The third-order valence-electron chi connectivity index (χ3n) is 4.74. The second-order valence-electron chi connectivity index (χ2n) is 6.80. The Kier molecular flexibility index (Phi) is 6.23. The quantitative estimate of drug-likeness (QED) is 0.838. The fourth-order valence-electron chi connectivity index (χ4n) is 3.66. The number of likely N-dealkylation sites (N-methyl/N-ethyl adjacent to an activating group) is 1. The Balaban J connectivity index is 0.00000208. The lowest BCUT2D eigenvalue weighted by Crippen LogP contribution is -2.41. The van der Waals surface area contributed by atoms with Gasteiger partial charge in [0.05, 0.1) is 6.54 Å². The van der Waals surface area contributed by atoms with Crippen LogP contribution in [0, 0.1) is 12.8 Å². The molecule has 24 heavy (non-hydrogen) atoms. The fraction of sp³-hybridized carbons (Fsp3) is 0.688. The van der Waals surface area contributed by atoms with E-state index in [1.807, 2.05) is 0 Å². The monoisotopic (exact) mass is 356 g/mol. The number of carbonyl (C=O) groups is 2. The molecule has 0 aromatic carbocycles. The third-order valence-corrected chi connectivity index (χ3v) is 4.74. The van der Waals surface area contributed by atoms with E-state index in [9.17, 15) is 9.59 Å². The van der Waals surface area contributed by atoms with E-state index in [1.54, 1.807) is 20.0 Å². The molecule has 0 spiro atoms. The molecule has 0 saturated carbocycles. The molecule has 8 heteroatoms. The fourth-order valence-corrected chi connectivity index (χ4v) is 3.66. The number of anilines is 1. The molecule has 2 bridgehead atoms. The van der Waals surface area contributed by atoms with Gasteiger partial charge in [0.1, 0.15) is 5.76 Å². The van der Waals surface area contributed by atoms with Gasteiger partial charge in [0, 0.05) is 31.6 Å². The highest BCUT2D eigenvalue weighted by Gasteiger charge is 2.34. The van der Waals surface area contributed by atoms with Crippen molar-refractivity contribution in [2.24, 2.45) is 5.92 Å². The SMILES string of the molecule is Cc1cc(NC(=O)CN(C)C(=O)CC2CC3CCC(C2)N3)no1.Cl. The number of carbonyl (C=O) groups excluding carboxylic acids is 2. The van der Waals surface area contributed by atoms with E-state index in [0.29, 0.717) is 36.0 Å². The molecular weight excluding hydrogens is 332 g/mol. The minimum atomic E-state index is -0.264. The first-order chi connectivity index (χ1) is 11.0. The summed E-state index contributed by atoms with van der Waals surface area (Å²) in [5.74, 6) is 1.21. The first-order valence-electron chi connectivity index (χ1n) is 8.23. The lowest BCUT2D eigenvalue weighted by atomic mass is 9.89. The van der Waals surface area contributed by atoms with Gasteiger partial charge >= 0.3 is 0 Å². The summed E-state index contributed by atoms with van der Waals surface area (Å²) in [6.45, 7) is 1.78. The number of amides is 2. The number of nitrogens with one attached hydrogen (secondary N) is 2. The summed E-state index contributed by atoms with van der Waals surface area (Å²) >= 11 is 0. The van der Waals surface area contributed by atoms with Crippen LogP contribution in [0.3, 0.4) is 0 Å². The summed E-state index contributed by atoms with van der Waals surface area (Å²) in [6.07, 6.45) is 5.12. The number of halogens is 1. The highest BCUT2D eigenvalue weighted by Crippen LogP contribution is 2.32. The maximum absolute atomic E-state index is 12.3. The van der Waals surface area contributed by atoms with Crippen LogP contribution in [0.1, 0.15) is 37.9 Å². The molecule has 0 aliphatic carbocycles. The minimum Gasteiger partial charge on any atom is -0.360 e. The van der Waals surface area contributed by atoms with Gasteiger partial charge in [-0.2, -0.15) is 0 Å². The highest BCUT2D eigenvalue weighted by atomic mass is 35.5. The van der Waals surface area contributed by atoms with Crippen molar-refractivity contribution in [3.63, 3.8) is 0 Å². The van der Waals surface area contributed by atoms with E-state index >= 15 is 0 Å². The molecule has 134 valence electrons. The second kappa shape index (κ2) is 7.98. The van der Waals surface area contributed by atoms with Crippen molar-refractivity contribution in [1.29, 1.82) is 0 Å². The Morgan fingerprint density at radius 2 is 2.04 bits per heavy atom. The van der Waals surface area contributed by atoms with Gasteiger partial charge in [0.2, 0.25) is 11.8 Å². The topological polar surface area (TPSA) is 87.5 Å². The van der Waals surface area contributed by atoms with Crippen molar-refractivity contribution in [3.8, 4) is 0 Å². The number of hydrogen-bond donors (Lipinski definition) is 2. The summed E-state index contributed by atoms with van der Waals surface area (Å²) in [4.78, 5) is 25.8. The van der Waals surface area contributed by atoms with Gasteiger partial charge in [-0.1, -0.05) is 5.16 Å². The van der Waals surface area contributed by atoms with Crippen LogP contribution in [-0.2, 0) is 9.59 Å². The number of hydrogen-bond acceptors (Lipinski definition) is 5. The van der Waals surface area contributed by atoms with Gasteiger partial charge in [0.15, 0.2) is 5.82 Å². The van der Waals surface area contributed by atoms with Gasteiger partial charge in [-0.25, -0.2) is 0 Å². The van der Waals surface area contributed by atoms with Crippen LogP contribution in [0.15, 0.2) is 10.6 Å². The molecule has 2 fully saturated rings. The van der Waals surface area contributed by atoms with E-state index in [0.717, 1.165) is 12.8 Å². The van der Waals surface area contributed by atoms with E-state index < -0.39 is 0 Å². The molecule has 1 aromatic heterocycles. The molecule has 7 nitrogen and oxygen atoms in total.